The summed E-state index contributed by atoms with van der Waals surface area (Å²) in [5.41, 5.74) is 2.24. The molecule has 29 heavy (non-hydrogen) atoms. The Morgan fingerprint density at radius 2 is 1.93 bits per heavy atom. The first-order valence-electron chi connectivity index (χ1n) is 9.14. The Kier molecular flexibility index (Phi) is 7.67. The van der Waals surface area contributed by atoms with Crippen molar-refractivity contribution in [1.29, 1.82) is 0 Å². The van der Waals surface area contributed by atoms with E-state index in [-0.39, 0.29) is 17.4 Å². The summed E-state index contributed by atoms with van der Waals surface area (Å²) >= 11 is 0. The first-order valence-corrected chi connectivity index (χ1v) is 9.14. The Morgan fingerprint density at radius 1 is 1.21 bits per heavy atom. The normalized spacial score (nSPS) is 11.8. The summed E-state index contributed by atoms with van der Waals surface area (Å²) < 4.78 is 25.3. The van der Waals surface area contributed by atoms with Crippen molar-refractivity contribution in [2.75, 3.05) is 26.9 Å². The van der Waals surface area contributed by atoms with Gasteiger partial charge in [-0.05, 0) is 45.0 Å². The molecule has 0 saturated carbocycles. The number of rotatable bonds is 9. The molecular formula is C21H25FN2O5. The predicted octanol–water partition coefficient (Wildman–Crippen LogP) is 2.61. The summed E-state index contributed by atoms with van der Waals surface area (Å²) in [5.74, 6) is -2.25. The van der Waals surface area contributed by atoms with Gasteiger partial charge in [0.05, 0.1) is 12.6 Å². The van der Waals surface area contributed by atoms with Gasteiger partial charge in [0.1, 0.15) is 12.4 Å². The third kappa shape index (κ3) is 5.74. The lowest BCUT2D eigenvalue weighted by Gasteiger charge is -2.17. The Hall–Kier alpha value is -3.00. The van der Waals surface area contributed by atoms with Gasteiger partial charge in [0, 0.05) is 29.6 Å². The van der Waals surface area contributed by atoms with Crippen molar-refractivity contribution in [3.63, 3.8) is 0 Å². The molecule has 0 fully saturated rings. The molecule has 8 heteroatoms. The van der Waals surface area contributed by atoms with E-state index in [9.17, 15) is 18.8 Å². The molecule has 0 spiro atoms. The third-order valence-corrected chi connectivity index (χ3v) is 4.48. The van der Waals surface area contributed by atoms with Crippen molar-refractivity contribution in [3.05, 3.63) is 58.7 Å². The number of nitrogens with one attached hydrogen (secondary N) is 1. The van der Waals surface area contributed by atoms with Gasteiger partial charge in [0.25, 0.3) is 5.91 Å². The van der Waals surface area contributed by atoms with Crippen LogP contribution in [0.5, 0.6) is 0 Å². The monoisotopic (exact) mass is 404 g/mol. The molecule has 0 saturated heterocycles. The minimum absolute atomic E-state index is 0.0575. The van der Waals surface area contributed by atoms with Crippen molar-refractivity contribution in [3.8, 4) is 0 Å². The summed E-state index contributed by atoms with van der Waals surface area (Å²) in [4.78, 5) is 36.2. The van der Waals surface area contributed by atoms with Crippen molar-refractivity contribution in [2.24, 2.45) is 0 Å². The lowest BCUT2D eigenvalue weighted by Crippen LogP contribution is -2.31. The van der Waals surface area contributed by atoms with Crippen LogP contribution in [0.1, 0.15) is 45.1 Å². The van der Waals surface area contributed by atoms with Crippen molar-refractivity contribution < 1.29 is 28.2 Å². The molecule has 0 aliphatic rings. The number of esters is 1. The van der Waals surface area contributed by atoms with Crippen LogP contribution in [0.4, 0.5) is 4.39 Å². The number of carbonyl (C=O) groups excluding carboxylic acids is 3. The first-order chi connectivity index (χ1) is 13.7. The molecule has 0 unspecified atom stereocenters. The van der Waals surface area contributed by atoms with Gasteiger partial charge in [0.15, 0.2) is 6.61 Å². The van der Waals surface area contributed by atoms with Gasteiger partial charge in [-0.1, -0.05) is 6.07 Å². The highest BCUT2D eigenvalue weighted by Gasteiger charge is 2.20. The quantitative estimate of drug-likeness (QED) is 0.513. The second-order valence-corrected chi connectivity index (χ2v) is 6.74. The third-order valence-electron chi connectivity index (χ3n) is 4.48. The maximum absolute atomic E-state index is 13.1. The molecule has 1 aromatic carbocycles. The highest BCUT2D eigenvalue weighted by molar-refractivity contribution is 6.00. The van der Waals surface area contributed by atoms with E-state index in [2.05, 4.69) is 5.32 Å². The van der Waals surface area contributed by atoms with Crippen molar-refractivity contribution in [1.82, 2.24) is 9.88 Å². The van der Waals surface area contributed by atoms with Gasteiger partial charge >= 0.3 is 5.97 Å². The molecule has 1 N–H and O–H groups in total. The summed E-state index contributed by atoms with van der Waals surface area (Å²) in [6.07, 6.45) is 0. The van der Waals surface area contributed by atoms with Crippen LogP contribution < -0.4 is 5.32 Å². The van der Waals surface area contributed by atoms with Gasteiger partial charge in [-0.15, -0.1) is 0 Å². The Morgan fingerprint density at radius 3 is 2.59 bits per heavy atom. The number of ether oxygens (including phenoxy) is 2. The zero-order valence-electron chi connectivity index (χ0n) is 17.0. The van der Waals surface area contributed by atoms with E-state index < -0.39 is 30.8 Å². The summed E-state index contributed by atoms with van der Waals surface area (Å²) in [6.45, 7) is 5.35. The standard InChI is InChI=1S/C21H25FN2O5/c1-13-8-18(15(3)24(13)14(2)11-28-4)19(25)12-29-20(26)10-23-21(27)16-6-5-7-17(22)9-16/h5-9,14H,10-12H2,1-4H3,(H,23,27)/t14-/m0/s1. The fourth-order valence-electron chi connectivity index (χ4n) is 3.21. The van der Waals surface area contributed by atoms with Gasteiger partial charge in [-0.25, -0.2) is 4.39 Å². The van der Waals surface area contributed by atoms with Gasteiger partial charge < -0.3 is 19.4 Å². The molecule has 0 aliphatic heterocycles. The van der Waals surface area contributed by atoms with Crippen LogP contribution in [0.15, 0.2) is 30.3 Å². The molecule has 0 aliphatic carbocycles. The summed E-state index contributed by atoms with van der Waals surface area (Å²) in [6, 6.07) is 6.90. The lowest BCUT2D eigenvalue weighted by molar-refractivity contribution is -0.141. The average Bonchev–Trinajstić information content (AvgIpc) is 2.98. The molecule has 1 heterocycles. The highest BCUT2D eigenvalue weighted by atomic mass is 19.1. The number of hydrogen-bond donors (Lipinski definition) is 1. The van der Waals surface area contributed by atoms with Gasteiger partial charge in [0.2, 0.25) is 5.78 Å². The molecule has 2 aromatic rings. The second-order valence-electron chi connectivity index (χ2n) is 6.74. The number of nitrogens with zero attached hydrogens (tertiary/aromatic N) is 1. The van der Waals surface area contributed by atoms with E-state index in [1.54, 1.807) is 13.2 Å². The van der Waals surface area contributed by atoms with Gasteiger partial charge in [-0.3, -0.25) is 14.4 Å². The smallest absolute Gasteiger partial charge is 0.325 e. The van der Waals surface area contributed by atoms with E-state index in [0.717, 1.165) is 17.5 Å². The van der Waals surface area contributed by atoms with E-state index in [0.29, 0.717) is 12.2 Å². The van der Waals surface area contributed by atoms with Crippen molar-refractivity contribution in [2.45, 2.75) is 26.8 Å². The minimum atomic E-state index is -0.760. The number of carbonyl (C=O) groups is 3. The van der Waals surface area contributed by atoms with Crippen LogP contribution in [-0.4, -0.2) is 49.1 Å². The fraction of sp³-hybridized carbons (Fsp3) is 0.381. The van der Waals surface area contributed by atoms with Crippen LogP contribution in [0, 0.1) is 19.7 Å². The molecule has 1 atom stereocenters. The van der Waals surface area contributed by atoms with E-state index in [1.807, 2.05) is 25.3 Å². The number of hydrogen-bond acceptors (Lipinski definition) is 5. The number of halogens is 1. The SMILES string of the molecule is COC[C@H](C)n1c(C)cc(C(=O)COC(=O)CNC(=O)c2cccc(F)c2)c1C. The fourth-order valence-corrected chi connectivity index (χ4v) is 3.21. The van der Waals surface area contributed by atoms with Crippen LogP contribution in [0.2, 0.25) is 0 Å². The molecule has 1 aromatic heterocycles. The molecule has 0 bridgehead atoms. The number of aromatic nitrogens is 1. The number of amides is 1. The number of Topliss-reactive ketones (excluding diaryl/α,β-unsaturated/α-hetero) is 1. The summed E-state index contributed by atoms with van der Waals surface area (Å²) in [5, 5.41) is 2.33. The molecule has 156 valence electrons. The molecular weight excluding hydrogens is 379 g/mol. The van der Waals surface area contributed by atoms with Gasteiger partial charge in [-0.2, -0.15) is 0 Å². The van der Waals surface area contributed by atoms with Crippen LogP contribution >= 0.6 is 0 Å². The number of ketones is 1. The predicted molar refractivity (Wildman–Crippen MR) is 105 cm³/mol. The molecule has 7 nitrogen and oxygen atoms in total. The largest absolute Gasteiger partial charge is 0.456 e. The minimum Gasteiger partial charge on any atom is -0.456 e. The first kappa shape index (κ1) is 22.3. The zero-order chi connectivity index (χ0) is 21.6. The van der Waals surface area contributed by atoms with E-state index in [1.165, 1.54) is 18.2 Å². The van der Waals surface area contributed by atoms with E-state index in [4.69, 9.17) is 9.47 Å². The van der Waals surface area contributed by atoms with E-state index >= 15 is 0 Å². The van der Waals surface area contributed by atoms with Crippen LogP contribution in [0.25, 0.3) is 0 Å². The maximum Gasteiger partial charge on any atom is 0.325 e. The Bertz CT molecular complexity index is 906. The Labute approximate surface area is 168 Å². The van der Waals surface area contributed by atoms with Crippen LogP contribution in [-0.2, 0) is 14.3 Å². The molecule has 0 radical (unpaired) electrons. The maximum atomic E-state index is 13.1. The highest BCUT2D eigenvalue weighted by Crippen LogP contribution is 2.21. The second kappa shape index (κ2) is 9.97. The summed E-state index contributed by atoms with van der Waals surface area (Å²) in [7, 11) is 1.61. The topological polar surface area (TPSA) is 86.6 Å². The lowest BCUT2D eigenvalue weighted by atomic mass is 10.1. The Balaban J connectivity index is 1.89. The number of benzene rings is 1. The van der Waals surface area contributed by atoms with Crippen LogP contribution in [0.3, 0.4) is 0 Å². The molecule has 2 rings (SSSR count). The number of methoxy groups -OCH3 is 1. The van der Waals surface area contributed by atoms with Crippen molar-refractivity contribution >= 4 is 17.7 Å². The average molecular weight is 404 g/mol. The number of aryl methyl sites for hydroxylation is 1. The molecule has 1 amide bonds. The zero-order valence-corrected chi connectivity index (χ0v) is 17.0.